The molecule has 108 valence electrons. The molecule has 3 nitrogen and oxygen atoms in total. The van der Waals surface area contributed by atoms with Crippen molar-refractivity contribution in [2.45, 2.75) is 52.9 Å². The first kappa shape index (κ1) is 16.0. The number of rotatable bonds is 5. The van der Waals surface area contributed by atoms with Crippen molar-refractivity contribution in [2.75, 3.05) is 7.11 Å². The summed E-state index contributed by atoms with van der Waals surface area (Å²) in [6, 6.07) is 7.54. The number of hydrogen-bond acceptors (Lipinski definition) is 3. The molecule has 0 aromatic heterocycles. The van der Waals surface area contributed by atoms with Crippen molar-refractivity contribution in [3.63, 3.8) is 0 Å². The molecule has 0 aliphatic rings. The van der Waals surface area contributed by atoms with E-state index in [1.54, 1.807) is 7.11 Å². The minimum atomic E-state index is -0.641. The molecule has 0 heterocycles. The predicted octanol–water partition coefficient (Wildman–Crippen LogP) is 3.57. The van der Waals surface area contributed by atoms with Crippen LogP contribution >= 0.6 is 0 Å². The fourth-order valence-electron chi connectivity index (χ4n) is 2.15. The van der Waals surface area contributed by atoms with E-state index in [-0.39, 0.29) is 17.6 Å². The molecule has 1 rings (SSSR count). The van der Waals surface area contributed by atoms with Crippen LogP contribution in [0.1, 0.15) is 46.3 Å². The Morgan fingerprint density at radius 3 is 1.95 bits per heavy atom. The maximum absolute atomic E-state index is 10.4. The van der Waals surface area contributed by atoms with E-state index in [1.165, 1.54) is 0 Å². The van der Waals surface area contributed by atoms with Crippen molar-refractivity contribution in [1.29, 1.82) is 0 Å². The van der Waals surface area contributed by atoms with Crippen molar-refractivity contribution >= 4 is 0 Å². The van der Waals surface area contributed by atoms with Gasteiger partial charge in [0.1, 0.15) is 11.9 Å². The summed E-state index contributed by atoms with van der Waals surface area (Å²) in [5.74, 6) is 0.815. The van der Waals surface area contributed by atoms with Crippen LogP contribution in [0.15, 0.2) is 24.3 Å². The van der Waals surface area contributed by atoms with Crippen molar-refractivity contribution in [2.24, 2.45) is 5.41 Å². The summed E-state index contributed by atoms with van der Waals surface area (Å²) in [6.07, 6.45) is -0.737. The number of hydrogen-bond donors (Lipinski definition) is 1. The number of ether oxygens (including phenoxy) is 2. The number of aliphatic hydroxyl groups excluding tert-OH is 1. The van der Waals surface area contributed by atoms with Gasteiger partial charge in [-0.05, 0) is 37.0 Å². The highest BCUT2D eigenvalue weighted by atomic mass is 16.5. The molecule has 2 atom stereocenters. The molecule has 0 saturated carbocycles. The number of benzene rings is 1. The molecule has 2 unspecified atom stereocenters. The summed E-state index contributed by atoms with van der Waals surface area (Å²) in [6.45, 7) is 10.1. The van der Waals surface area contributed by atoms with Gasteiger partial charge in [-0.1, -0.05) is 32.9 Å². The van der Waals surface area contributed by atoms with Crippen LogP contribution in [0.2, 0.25) is 0 Å². The minimum absolute atomic E-state index is 0.124. The van der Waals surface area contributed by atoms with Gasteiger partial charge in [-0.3, -0.25) is 0 Å². The topological polar surface area (TPSA) is 38.7 Å². The Morgan fingerprint density at radius 1 is 1.05 bits per heavy atom. The van der Waals surface area contributed by atoms with Gasteiger partial charge in [-0.15, -0.1) is 0 Å². The average Bonchev–Trinajstić information content (AvgIpc) is 2.28. The smallest absolute Gasteiger partial charge is 0.119 e. The zero-order chi connectivity index (χ0) is 14.6. The lowest BCUT2D eigenvalue weighted by atomic mass is 9.83. The van der Waals surface area contributed by atoms with Crippen LogP contribution in [0.4, 0.5) is 0 Å². The maximum Gasteiger partial charge on any atom is 0.119 e. The Labute approximate surface area is 116 Å². The third-order valence-electron chi connectivity index (χ3n) is 2.99. The SMILES string of the molecule is COC(C(O)c1ccc(OC(C)C)cc1)C(C)(C)C. The third-order valence-corrected chi connectivity index (χ3v) is 2.99. The highest BCUT2D eigenvalue weighted by Gasteiger charge is 2.32. The molecule has 0 bridgehead atoms. The molecule has 3 heteroatoms. The molecule has 1 N–H and O–H groups in total. The van der Waals surface area contributed by atoms with E-state index in [4.69, 9.17) is 9.47 Å². The number of aliphatic hydroxyl groups is 1. The first-order valence-corrected chi connectivity index (χ1v) is 6.73. The standard InChI is InChI=1S/C16H26O3/c1-11(2)19-13-9-7-12(8-10-13)14(17)15(18-6)16(3,4)5/h7-11,14-15,17H,1-6H3. The quantitative estimate of drug-likeness (QED) is 0.885. The second-order valence-corrected chi connectivity index (χ2v) is 6.20. The van der Waals surface area contributed by atoms with Crippen LogP contribution in [0.3, 0.4) is 0 Å². The Morgan fingerprint density at radius 2 is 1.58 bits per heavy atom. The molecule has 0 fully saturated rings. The van der Waals surface area contributed by atoms with Crippen LogP contribution < -0.4 is 4.74 Å². The van der Waals surface area contributed by atoms with Crippen molar-refractivity contribution in [3.8, 4) is 5.75 Å². The van der Waals surface area contributed by atoms with Crippen molar-refractivity contribution < 1.29 is 14.6 Å². The Kier molecular flexibility index (Phi) is 5.39. The van der Waals surface area contributed by atoms with E-state index >= 15 is 0 Å². The van der Waals surface area contributed by atoms with E-state index in [2.05, 4.69) is 20.8 Å². The summed E-state index contributed by atoms with van der Waals surface area (Å²) in [7, 11) is 1.63. The molecule has 0 amide bonds. The van der Waals surface area contributed by atoms with Gasteiger partial charge in [0.15, 0.2) is 0 Å². The van der Waals surface area contributed by atoms with Gasteiger partial charge in [0.05, 0.1) is 12.2 Å². The van der Waals surface area contributed by atoms with Crippen LogP contribution in [0, 0.1) is 5.41 Å². The van der Waals surface area contributed by atoms with Gasteiger partial charge < -0.3 is 14.6 Å². The second kappa shape index (κ2) is 6.40. The first-order valence-electron chi connectivity index (χ1n) is 6.73. The molecule has 1 aromatic rings. The lowest BCUT2D eigenvalue weighted by molar-refractivity contribution is -0.0724. The molecular formula is C16H26O3. The second-order valence-electron chi connectivity index (χ2n) is 6.20. The van der Waals surface area contributed by atoms with Crippen molar-refractivity contribution in [3.05, 3.63) is 29.8 Å². The molecule has 0 spiro atoms. The van der Waals surface area contributed by atoms with E-state index in [9.17, 15) is 5.11 Å². The molecule has 0 saturated heterocycles. The highest BCUT2D eigenvalue weighted by Crippen LogP contribution is 2.32. The molecular weight excluding hydrogens is 240 g/mol. The third kappa shape index (κ3) is 4.51. The molecule has 0 aliphatic heterocycles. The normalized spacial score (nSPS) is 15.4. The summed E-state index contributed by atoms with van der Waals surface area (Å²) >= 11 is 0. The predicted molar refractivity (Wildman–Crippen MR) is 77.4 cm³/mol. The fourth-order valence-corrected chi connectivity index (χ4v) is 2.15. The largest absolute Gasteiger partial charge is 0.491 e. The number of methoxy groups -OCH3 is 1. The molecule has 1 aromatic carbocycles. The van der Waals surface area contributed by atoms with Crippen molar-refractivity contribution in [1.82, 2.24) is 0 Å². The summed E-state index contributed by atoms with van der Waals surface area (Å²) in [5, 5.41) is 10.4. The lowest BCUT2D eigenvalue weighted by Crippen LogP contribution is -2.34. The van der Waals surface area contributed by atoms with Crippen LogP contribution in [-0.2, 0) is 4.74 Å². The van der Waals surface area contributed by atoms with E-state index in [0.717, 1.165) is 11.3 Å². The monoisotopic (exact) mass is 266 g/mol. The highest BCUT2D eigenvalue weighted by molar-refractivity contribution is 5.29. The lowest BCUT2D eigenvalue weighted by Gasteiger charge is -2.33. The van der Waals surface area contributed by atoms with Gasteiger partial charge in [0, 0.05) is 7.11 Å². The van der Waals surface area contributed by atoms with Crippen LogP contribution in [0.25, 0.3) is 0 Å². The minimum Gasteiger partial charge on any atom is -0.491 e. The Hall–Kier alpha value is -1.06. The van der Waals surface area contributed by atoms with E-state index in [0.29, 0.717) is 0 Å². The van der Waals surface area contributed by atoms with Crippen LogP contribution in [-0.4, -0.2) is 24.4 Å². The van der Waals surface area contributed by atoms with E-state index < -0.39 is 6.10 Å². The zero-order valence-electron chi connectivity index (χ0n) is 12.8. The fraction of sp³-hybridized carbons (Fsp3) is 0.625. The summed E-state index contributed by atoms with van der Waals surface area (Å²) in [4.78, 5) is 0. The Balaban J connectivity index is 2.85. The maximum atomic E-state index is 10.4. The van der Waals surface area contributed by atoms with Crippen LogP contribution in [0.5, 0.6) is 5.75 Å². The zero-order valence-corrected chi connectivity index (χ0v) is 12.8. The van der Waals surface area contributed by atoms with Gasteiger partial charge >= 0.3 is 0 Å². The van der Waals surface area contributed by atoms with Gasteiger partial charge in [-0.2, -0.15) is 0 Å². The summed E-state index contributed by atoms with van der Waals surface area (Å²) in [5.41, 5.74) is 0.722. The van der Waals surface area contributed by atoms with Gasteiger partial charge in [0.2, 0.25) is 0 Å². The van der Waals surface area contributed by atoms with E-state index in [1.807, 2.05) is 38.1 Å². The average molecular weight is 266 g/mol. The first-order chi connectivity index (χ1) is 8.75. The molecule has 0 aliphatic carbocycles. The molecule has 0 radical (unpaired) electrons. The summed E-state index contributed by atoms with van der Waals surface area (Å²) < 4.78 is 11.0. The van der Waals surface area contributed by atoms with Gasteiger partial charge in [-0.25, -0.2) is 0 Å². The Bertz CT molecular complexity index is 376. The van der Waals surface area contributed by atoms with Gasteiger partial charge in [0.25, 0.3) is 0 Å². The molecule has 19 heavy (non-hydrogen) atoms.